The lowest BCUT2D eigenvalue weighted by Crippen LogP contribution is -2.39. The Kier molecular flexibility index (Phi) is 5.65. The van der Waals surface area contributed by atoms with Gasteiger partial charge in [0.2, 0.25) is 0 Å². The minimum absolute atomic E-state index is 0.0698. The first-order valence-electron chi connectivity index (χ1n) is 10.8. The van der Waals surface area contributed by atoms with Crippen molar-refractivity contribution in [1.29, 1.82) is 0 Å². The van der Waals surface area contributed by atoms with Crippen LogP contribution in [0.1, 0.15) is 59.5 Å². The summed E-state index contributed by atoms with van der Waals surface area (Å²) in [6, 6.07) is 14.2. The van der Waals surface area contributed by atoms with Crippen molar-refractivity contribution in [2.45, 2.75) is 47.3 Å². The van der Waals surface area contributed by atoms with Crippen molar-refractivity contribution in [2.75, 3.05) is 13.1 Å². The molecular weight excluding hydrogens is 426 g/mol. The van der Waals surface area contributed by atoms with Crippen LogP contribution in [0.5, 0.6) is 0 Å². The zero-order chi connectivity index (χ0) is 22.1. The van der Waals surface area contributed by atoms with Gasteiger partial charge in [0.05, 0.1) is 10.5 Å². The molecule has 2 aliphatic rings. The zero-order valence-corrected chi connectivity index (χ0v) is 18.3. The first-order chi connectivity index (χ1) is 15.6. The molecule has 1 aliphatic heterocycles. The molecule has 0 radical (unpaired) electrons. The molecule has 3 aromatic rings. The summed E-state index contributed by atoms with van der Waals surface area (Å²) in [7, 11) is 0. The van der Waals surface area contributed by atoms with E-state index in [-0.39, 0.29) is 17.5 Å². The van der Waals surface area contributed by atoms with E-state index in [1.807, 2.05) is 30.3 Å². The number of nitro benzene ring substituents is 1. The summed E-state index contributed by atoms with van der Waals surface area (Å²) in [6.07, 6.45) is 4.07. The Labute approximate surface area is 189 Å². The number of rotatable bonds is 6. The molecule has 164 valence electrons. The van der Waals surface area contributed by atoms with Crippen molar-refractivity contribution in [3.8, 4) is 0 Å². The molecule has 8 nitrogen and oxygen atoms in total. The molecule has 0 bridgehead atoms. The molecule has 1 aromatic heterocycles. The van der Waals surface area contributed by atoms with Crippen LogP contribution >= 0.6 is 11.8 Å². The van der Waals surface area contributed by atoms with Gasteiger partial charge in [0.15, 0.2) is 5.82 Å². The number of hydrogen-bond donors (Lipinski definition) is 1. The molecule has 1 aliphatic carbocycles. The number of aromatic amines is 1. The highest BCUT2D eigenvalue weighted by atomic mass is 32.2. The molecule has 1 unspecified atom stereocenters. The van der Waals surface area contributed by atoms with E-state index in [0.29, 0.717) is 29.5 Å². The van der Waals surface area contributed by atoms with Crippen LogP contribution in [0.15, 0.2) is 58.3 Å². The molecule has 1 atom stereocenters. The second kappa shape index (κ2) is 8.74. The Morgan fingerprint density at radius 2 is 1.94 bits per heavy atom. The Bertz CT molecular complexity index is 1150. The quantitative estimate of drug-likeness (QED) is 0.430. The average Bonchev–Trinajstić information content (AvgIpc) is 3.56. The molecule has 1 N–H and O–H groups in total. The van der Waals surface area contributed by atoms with E-state index >= 15 is 0 Å². The smallest absolute Gasteiger partial charge is 0.270 e. The first kappa shape index (κ1) is 20.7. The van der Waals surface area contributed by atoms with E-state index in [1.165, 1.54) is 23.9 Å². The van der Waals surface area contributed by atoms with Gasteiger partial charge in [-0.1, -0.05) is 30.0 Å². The molecule has 2 fully saturated rings. The van der Waals surface area contributed by atoms with Crippen molar-refractivity contribution < 1.29 is 9.72 Å². The summed E-state index contributed by atoms with van der Waals surface area (Å²) in [5.74, 6) is 2.10. The van der Waals surface area contributed by atoms with Crippen LogP contribution in [-0.4, -0.2) is 44.0 Å². The number of nitro groups is 1. The third kappa shape index (κ3) is 4.38. The minimum atomic E-state index is -0.459. The molecule has 0 spiro atoms. The molecule has 1 saturated heterocycles. The second-order valence-electron chi connectivity index (χ2n) is 8.30. The van der Waals surface area contributed by atoms with Crippen LogP contribution in [0, 0.1) is 10.1 Å². The van der Waals surface area contributed by atoms with Crippen molar-refractivity contribution in [3.63, 3.8) is 0 Å². The van der Waals surface area contributed by atoms with Gasteiger partial charge in [0, 0.05) is 46.8 Å². The van der Waals surface area contributed by atoms with Gasteiger partial charge in [0.25, 0.3) is 11.6 Å². The number of aromatic nitrogens is 3. The topological polar surface area (TPSA) is 105 Å². The zero-order valence-electron chi connectivity index (χ0n) is 17.4. The maximum absolute atomic E-state index is 13.5. The van der Waals surface area contributed by atoms with Gasteiger partial charge in [-0.05, 0) is 43.9 Å². The number of H-pyrrole nitrogens is 1. The van der Waals surface area contributed by atoms with Crippen molar-refractivity contribution in [1.82, 2.24) is 20.1 Å². The lowest BCUT2D eigenvalue weighted by molar-refractivity contribution is -0.384. The summed E-state index contributed by atoms with van der Waals surface area (Å²) in [6.45, 7) is 1.13. The number of non-ortho nitro benzene ring substituents is 1. The predicted octanol–water partition coefficient (Wildman–Crippen LogP) is 4.76. The molecule has 2 heterocycles. The third-order valence-corrected chi connectivity index (χ3v) is 7.02. The van der Waals surface area contributed by atoms with Crippen LogP contribution in [0.4, 0.5) is 5.69 Å². The fourth-order valence-corrected chi connectivity index (χ4v) is 5.00. The van der Waals surface area contributed by atoms with E-state index < -0.39 is 4.92 Å². The number of benzene rings is 2. The third-order valence-electron chi connectivity index (χ3n) is 5.93. The number of piperidine rings is 1. The van der Waals surface area contributed by atoms with Crippen molar-refractivity contribution in [3.05, 3.63) is 75.9 Å². The van der Waals surface area contributed by atoms with Gasteiger partial charge in [-0.2, -0.15) is 5.10 Å². The average molecular weight is 450 g/mol. The lowest BCUT2D eigenvalue weighted by atomic mass is 9.96. The second-order valence-corrected chi connectivity index (χ2v) is 9.41. The summed E-state index contributed by atoms with van der Waals surface area (Å²) in [5, 5.41) is 18.8. The van der Waals surface area contributed by atoms with Crippen LogP contribution in [-0.2, 0) is 0 Å². The van der Waals surface area contributed by atoms with E-state index in [1.54, 1.807) is 11.0 Å². The van der Waals surface area contributed by atoms with Gasteiger partial charge in [-0.15, -0.1) is 0 Å². The Morgan fingerprint density at radius 1 is 1.12 bits per heavy atom. The first-order valence-corrected chi connectivity index (χ1v) is 11.6. The van der Waals surface area contributed by atoms with E-state index in [2.05, 4.69) is 15.2 Å². The fraction of sp³-hybridized carbons (Fsp3) is 0.348. The van der Waals surface area contributed by atoms with E-state index in [9.17, 15) is 14.9 Å². The Balaban J connectivity index is 1.40. The standard InChI is InChI=1S/C23H23N5O3S/c29-23(27-12-4-5-16(14-27)22-24-21(25-26-22)15-8-9-15)19-13-17(28(30)31)10-11-20(19)32-18-6-2-1-3-7-18/h1-3,6-7,10-11,13,15-16H,4-5,8-9,12,14H2,(H,24,25,26). The van der Waals surface area contributed by atoms with Crippen molar-refractivity contribution >= 4 is 23.4 Å². The van der Waals surface area contributed by atoms with E-state index in [4.69, 9.17) is 0 Å². The van der Waals surface area contributed by atoms with Crippen LogP contribution in [0.25, 0.3) is 0 Å². The van der Waals surface area contributed by atoms with E-state index in [0.717, 1.165) is 42.2 Å². The molecule has 32 heavy (non-hydrogen) atoms. The molecule has 1 saturated carbocycles. The molecule has 9 heteroatoms. The number of likely N-dealkylation sites (tertiary alicyclic amines) is 1. The van der Waals surface area contributed by atoms with Gasteiger partial charge >= 0.3 is 0 Å². The largest absolute Gasteiger partial charge is 0.338 e. The lowest BCUT2D eigenvalue weighted by Gasteiger charge is -2.32. The molecular formula is C23H23N5O3S. The van der Waals surface area contributed by atoms with Gasteiger partial charge in [0.1, 0.15) is 5.82 Å². The normalized spacial score (nSPS) is 18.5. The maximum atomic E-state index is 13.5. The molecule has 2 aromatic carbocycles. The maximum Gasteiger partial charge on any atom is 0.270 e. The number of nitrogens with zero attached hydrogens (tertiary/aromatic N) is 4. The molecule has 1 amide bonds. The highest BCUT2D eigenvalue weighted by Gasteiger charge is 2.32. The highest BCUT2D eigenvalue weighted by molar-refractivity contribution is 7.99. The summed E-state index contributed by atoms with van der Waals surface area (Å²) < 4.78 is 0. The van der Waals surface area contributed by atoms with Gasteiger partial charge in [-0.3, -0.25) is 20.0 Å². The molecule has 5 rings (SSSR count). The highest BCUT2D eigenvalue weighted by Crippen LogP contribution is 2.39. The summed E-state index contributed by atoms with van der Waals surface area (Å²) >= 11 is 1.44. The SMILES string of the molecule is O=C(c1cc([N+](=O)[O-])ccc1Sc1ccccc1)N1CCCC(c2n[nH]c(C3CC3)n2)C1. The predicted molar refractivity (Wildman–Crippen MR) is 120 cm³/mol. The monoisotopic (exact) mass is 449 g/mol. The van der Waals surface area contributed by atoms with Gasteiger partial charge < -0.3 is 4.90 Å². The van der Waals surface area contributed by atoms with Crippen molar-refractivity contribution in [2.24, 2.45) is 0 Å². The number of amides is 1. The Hall–Kier alpha value is -3.20. The van der Waals surface area contributed by atoms with Crippen LogP contribution in [0.3, 0.4) is 0 Å². The summed E-state index contributed by atoms with van der Waals surface area (Å²) in [4.78, 5) is 32.6. The number of hydrogen-bond acceptors (Lipinski definition) is 6. The van der Waals surface area contributed by atoms with Gasteiger partial charge in [-0.25, -0.2) is 4.98 Å². The van der Waals surface area contributed by atoms with Crippen LogP contribution < -0.4 is 0 Å². The minimum Gasteiger partial charge on any atom is -0.338 e. The number of carbonyl (C=O) groups excluding carboxylic acids is 1. The Morgan fingerprint density at radius 3 is 2.69 bits per heavy atom. The fourth-order valence-electron chi connectivity index (χ4n) is 4.06. The number of carbonyl (C=O) groups is 1. The number of nitrogens with one attached hydrogen (secondary N) is 1. The van der Waals surface area contributed by atoms with Crippen LogP contribution in [0.2, 0.25) is 0 Å². The summed E-state index contributed by atoms with van der Waals surface area (Å²) in [5.41, 5.74) is 0.282.